The molecule has 5 heteroatoms. The van der Waals surface area contributed by atoms with E-state index in [1.54, 1.807) is 17.5 Å². The first-order chi connectivity index (χ1) is 13.8. The molecule has 0 unspecified atom stereocenters. The minimum Gasteiger partial charge on any atom is -0.297 e. The zero-order valence-electron chi connectivity index (χ0n) is 15.6. The van der Waals surface area contributed by atoms with E-state index in [0.717, 1.165) is 34.7 Å². The number of carbonyl (C=O) groups is 1. The smallest absolute Gasteiger partial charge is 0.249 e. The van der Waals surface area contributed by atoms with Gasteiger partial charge < -0.3 is 0 Å². The SMILES string of the molecule is O=C1CN=C(c2ccccc2)c2c(sc3c2CCCC3)N1Cc1cccnc1. The number of nitrogens with zero attached hydrogens (tertiary/aromatic N) is 3. The van der Waals surface area contributed by atoms with E-state index in [-0.39, 0.29) is 12.5 Å². The molecule has 1 aliphatic heterocycles. The maximum absolute atomic E-state index is 13.1. The van der Waals surface area contributed by atoms with E-state index in [9.17, 15) is 4.79 Å². The van der Waals surface area contributed by atoms with E-state index in [0.29, 0.717) is 6.54 Å². The highest BCUT2D eigenvalue weighted by Crippen LogP contribution is 2.43. The van der Waals surface area contributed by atoms with Crippen molar-refractivity contribution in [2.24, 2.45) is 4.99 Å². The van der Waals surface area contributed by atoms with Crippen molar-refractivity contribution < 1.29 is 4.79 Å². The van der Waals surface area contributed by atoms with E-state index in [1.165, 1.54) is 28.8 Å². The summed E-state index contributed by atoms with van der Waals surface area (Å²) in [6.45, 7) is 0.720. The van der Waals surface area contributed by atoms with Crippen LogP contribution in [0.5, 0.6) is 0 Å². The number of anilines is 1. The molecule has 0 radical (unpaired) electrons. The van der Waals surface area contributed by atoms with Gasteiger partial charge in [-0.05, 0) is 42.9 Å². The van der Waals surface area contributed by atoms with Crippen molar-refractivity contribution in [1.82, 2.24) is 4.98 Å². The summed E-state index contributed by atoms with van der Waals surface area (Å²) in [5.41, 5.74) is 5.68. The van der Waals surface area contributed by atoms with Gasteiger partial charge in [0.15, 0.2) is 0 Å². The molecule has 1 aliphatic carbocycles. The molecular formula is C23H21N3OS. The number of aliphatic imine (C=N–C) groups is 1. The van der Waals surface area contributed by atoms with Crippen molar-refractivity contribution in [3.8, 4) is 0 Å². The zero-order chi connectivity index (χ0) is 18.9. The van der Waals surface area contributed by atoms with Crippen molar-refractivity contribution in [3.63, 3.8) is 0 Å². The molecule has 0 N–H and O–H groups in total. The Hall–Kier alpha value is -2.79. The summed E-state index contributed by atoms with van der Waals surface area (Å²) in [7, 11) is 0. The predicted molar refractivity (Wildman–Crippen MR) is 113 cm³/mol. The van der Waals surface area contributed by atoms with Crippen LogP contribution in [0.15, 0.2) is 59.9 Å². The molecule has 0 bridgehead atoms. The molecule has 0 spiro atoms. The third-order valence-corrected chi connectivity index (χ3v) is 6.73. The molecule has 0 saturated heterocycles. The lowest BCUT2D eigenvalue weighted by Crippen LogP contribution is -2.31. The van der Waals surface area contributed by atoms with Crippen molar-refractivity contribution in [2.45, 2.75) is 32.2 Å². The summed E-state index contributed by atoms with van der Waals surface area (Å²) < 4.78 is 0. The number of aromatic nitrogens is 1. The molecule has 0 atom stereocenters. The zero-order valence-corrected chi connectivity index (χ0v) is 16.4. The lowest BCUT2D eigenvalue weighted by Gasteiger charge is -2.20. The normalized spacial score (nSPS) is 16.2. The van der Waals surface area contributed by atoms with E-state index < -0.39 is 0 Å². The Labute approximate surface area is 168 Å². The summed E-state index contributed by atoms with van der Waals surface area (Å²) in [4.78, 5) is 25.4. The standard InChI is InChI=1S/C23H21N3OS/c27-20-14-25-22(17-8-2-1-3-9-17)21-18-10-4-5-11-19(18)28-23(21)26(20)15-16-7-6-12-24-13-16/h1-3,6-9,12-13H,4-5,10-11,14-15H2. The van der Waals surface area contributed by atoms with Gasteiger partial charge in [0.05, 0.1) is 12.3 Å². The quantitative estimate of drug-likeness (QED) is 0.668. The maximum Gasteiger partial charge on any atom is 0.249 e. The monoisotopic (exact) mass is 387 g/mol. The van der Waals surface area contributed by atoms with Gasteiger partial charge in [0.2, 0.25) is 5.91 Å². The van der Waals surface area contributed by atoms with Crippen LogP contribution in [0.4, 0.5) is 5.00 Å². The molecular weight excluding hydrogens is 366 g/mol. The largest absolute Gasteiger partial charge is 0.297 e. The van der Waals surface area contributed by atoms with Crippen LogP contribution in [0.1, 0.15) is 40.0 Å². The van der Waals surface area contributed by atoms with Gasteiger partial charge in [-0.2, -0.15) is 0 Å². The van der Waals surface area contributed by atoms with Crippen molar-refractivity contribution in [2.75, 3.05) is 11.4 Å². The molecule has 140 valence electrons. The van der Waals surface area contributed by atoms with E-state index >= 15 is 0 Å². The lowest BCUT2D eigenvalue weighted by atomic mass is 9.91. The molecule has 1 aromatic carbocycles. The van der Waals surface area contributed by atoms with Crippen LogP contribution < -0.4 is 4.90 Å². The van der Waals surface area contributed by atoms with Crippen LogP contribution >= 0.6 is 11.3 Å². The highest BCUT2D eigenvalue weighted by atomic mass is 32.1. The Kier molecular flexibility index (Phi) is 4.53. The van der Waals surface area contributed by atoms with Gasteiger partial charge in [-0.3, -0.25) is 19.7 Å². The number of rotatable bonds is 3. The van der Waals surface area contributed by atoms with Crippen LogP contribution in [0.3, 0.4) is 0 Å². The third kappa shape index (κ3) is 3.06. The number of hydrogen-bond acceptors (Lipinski definition) is 4. The number of pyridine rings is 1. The summed E-state index contributed by atoms with van der Waals surface area (Å²) in [5.74, 6) is 0.0506. The first-order valence-electron chi connectivity index (χ1n) is 9.75. The van der Waals surface area contributed by atoms with Crippen LogP contribution in [-0.4, -0.2) is 23.1 Å². The number of hydrogen-bond donors (Lipinski definition) is 0. The third-order valence-electron chi connectivity index (χ3n) is 5.42. The van der Waals surface area contributed by atoms with Crippen molar-refractivity contribution in [3.05, 3.63) is 82.0 Å². The second kappa shape index (κ2) is 7.32. The number of amides is 1. The van der Waals surface area contributed by atoms with Crippen LogP contribution in [0, 0.1) is 0 Å². The van der Waals surface area contributed by atoms with E-state index in [1.807, 2.05) is 41.4 Å². The number of thiophene rings is 1. The topological polar surface area (TPSA) is 45.6 Å². The van der Waals surface area contributed by atoms with E-state index in [2.05, 4.69) is 17.1 Å². The van der Waals surface area contributed by atoms with Crippen molar-refractivity contribution >= 4 is 28.0 Å². The van der Waals surface area contributed by atoms with Gasteiger partial charge in [-0.1, -0.05) is 36.4 Å². The first-order valence-corrected chi connectivity index (χ1v) is 10.6. The molecule has 5 rings (SSSR count). The van der Waals surface area contributed by atoms with Gasteiger partial charge in [0.25, 0.3) is 0 Å². The maximum atomic E-state index is 13.1. The van der Waals surface area contributed by atoms with Gasteiger partial charge in [0.1, 0.15) is 11.5 Å². The molecule has 3 heterocycles. The number of benzene rings is 1. The van der Waals surface area contributed by atoms with Crippen LogP contribution in [0.25, 0.3) is 0 Å². The Morgan fingerprint density at radius 3 is 2.71 bits per heavy atom. The summed E-state index contributed by atoms with van der Waals surface area (Å²) in [6, 6.07) is 14.2. The van der Waals surface area contributed by atoms with Gasteiger partial charge >= 0.3 is 0 Å². The fourth-order valence-electron chi connectivity index (χ4n) is 4.08. The minimum atomic E-state index is 0.0506. The Morgan fingerprint density at radius 1 is 1.04 bits per heavy atom. The molecule has 28 heavy (non-hydrogen) atoms. The van der Waals surface area contributed by atoms with Crippen molar-refractivity contribution in [1.29, 1.82) is 0 Å². The van der Waals surface area contributed by atoms with E-state index in [4.69, 9.17) is 4.99 Å². The molecule has 2 aliphatic rings. The van der Waals surface area contributed by atoms with Gasteiger partial charge in [-0.15, -0.1) is 11.3 Å². The highest BCUT2D eigenvalue weighted by Gasteiger charge is 2.32. The van der Waals surface area contributed by atoms with Crippen LogP contribution in [-0.2, 0) is 24.2 Å². The lowest BCUT2D eigenvalue weighted by molar-refractivity contribution is -0.117. The fourth-order valence-corrected chi connectivity index (χ4v) is 5.48. The Balaban J connectivity index is 1.67. The Morgan fingerprint density at radius 2 is 1.89 bits per heavy atom. The summed E-state index contributed by atoms with van der Waals surface area (Å²) in [6.07, 6.45) is 8.20. The van der Waals surface area contributed by atoms with Gasteiger partial charge in [0, 0.05) is 28.4 Å². The second-order valence-electron chi connectivity index (χ2n) is 7.26. The molecule has 4 nitrogen and oxygen atoms in total. The number of aryl methyl sites for hydroxylation is 1. The summed E-state index contributed by atoms with van der Waals surface area (Å²) in [5, 5.41) is 1.06. The molecule has 0 saturated carbocycles. The second-order valence-corrected chi connectivity index (χ2v) is 8.35. The molecule has 1 amide bonds. The fraction of sp³-hybridized carbons (Fsp3) is 0.261. The van der Waals surface area contributed by atoms with Gasteiger partial charge in [-0.25, -0.2) is 0 Å². The highest BCUT2D eigenvalue weighted by molar-refractivity contribution is 7.17. The summed E-state index contributed by atoms with van der Waals surface area (Å²) >= 11 is 1.78. The number of carbonyl (C=O) groups excluding carboxylic acids is 1. The van der Waals surface area contributed by atoms with Crippen LogP contribution in [0.2, 0.25) is 0 Å². The Bertz CT molecular complexity index is 1040. The average Bonchev–Trinajstić information content (AvgIpc) is 3.07. The number of fused-ring (bicyclic) bond motifs is 3. The minimum absolute atomic E-state index is 0.0506. The average molecular weight is 388 g/mol. The predicted octanol–water partition coefficient (Wildman–Crippen LogP) is 4.41. The molecule has 0 fully saturated rings. The first kappa shape index (κ1) is 17.3. The molecule has 2 aromatic heterocycles. The molecule has 3 aromatic rings.